The van der Waals surface area contributed by atoms with Crippen molar-refractivity contribution in [1.29, 1.82) is 0 Å². The minimum absolute atomic E-state index is 0.272. The van der Waals surface area contributed by atoms with Crippen LogP contribution in [-0.4, -0.2) is 12.9 Å². The van der Waals surface area contributed by atoms with Gasteiger partial charge in [0.2, 0.25) is 0 Å². The van der Waals surface area contributed by atoms with Crippen molar-refractivity contribution in [3.63, 3.8) is 0 Å². The zero-order valence-electron chi connectivity index (χ0n) is 5.74. The standard InChI is InChI=1S/C7H8Br4/c8-5-1-3-4(2-6(5)9)7(3,10)11/h3-6H,1-2H2/t3-,4+,5-,6-/m1/s1. The van der Waals surface area contributed by atoms with Crippen molar-refractivity contribution in [3.8, 4) is 0 Å². The molecule has 2 fully saturated rings. The van der Waals surface area contributed by atoms with Crippen molar-refractivity contribution in [2.75, 3.05) is 0 Å². The highest BCUT2D eigenvalue weighted by molar-refractivity contribution is 9.25. The summed E-state index contributed by atoms with van der Waals surface area (Å²) in [5.74, 6) is 1.67. The topological polar surface area (TPSA) is 0 Å². The van der Waals surface area contributed by atoms with Crippen LogP contribution < -0.4 is 0 Å². The average molecular weight is 412 g/mol. The molecule has 0 aromatic rings. The second-order valence-corrected chi connectivity index (χ2v) is 9.43. The first-order valence-corrected chi connectivity index (χ1v) is 7.11. The molecule has 2 saturated carbocycles. The van der Waals surface area contributed by atoms with Crippen LogP contribution in [0, 0.1) is 11.8 Å². The highest BCUT2D eigenvalue weighted by atomic mass is 79.9. The van der Waals surface area contributed by atoms with E-state index in [2.05, 4.69) is 63.7 Å². The maximum absolute atomic E-state index is 3.71. The van der Waals surface area contributed by atoms with Crippen molar-refractivity contribution < 1.29 is 0 Å². The summed E-state index contributed by atoms with van der Waals surface area (Å²) in [5.41, 5.74) is 0. The third kappa shape index (κ3) is 1.50. The van der Waals surface area contributed by atoms with Gasteiger partial charge in [0.05, 0.1) is 3.23 Å². The number of alkyl halides is 4. The van der Waals surface area contributed by atoms with Crippen LogP contribution >= 0.6 is 63.7 Å². The molecule has 0 amide bonds. The van der Waals surface area contributed by atoms with E-state index in [0.29, 0.717) is 9.65 Å². The van der Waals surface area contributed by atoms with Crippen LogP contribution in [0.25, 0.3) is 0 Å². The van der Waals surface area contributed by atoms with Gasteiger partial charge < -0.3 is 0 Å². The van der Waals surface area contributed by atoms with Gasteiger partial charge in [0, 0.05) is 9.65 Å². The molecule has 0 radical (unpaired) electrons. The zero-order valence-corrected chi connectivity index (χ0v) is 12.1. The minimum atomic E-state index is 0.272. The first kappa shape index (κ1) is 9.47. The zero-order chi connectivity index (χ0) is 8.22. The molecule has 64 valence electrons. The third-order valence-corrected chi connectivity index (χ3v) is 7.80. The number of hydrogen-bond donors (Lipinski definition) is 0. The summed E-state index contributed by atoms with van der Waals surface area (Å²) < 4.78 is 0.272. The van der Waals surface area contributed by atoms with Crippen molar-refractivity contribution in [2.45, 2.75) is 25.7 Å². The highest BCUT2D eigenvalue weighted by Gasteiger charge is 2.64. The second-order valence-electron chi connectivity index (χ2n) is 3.39. The van der Waals surface area contributed by atoms with Crippen LogP contribution in [0.5, 0.6) is 0 Å². The summed E-state index contributed by atoms with van der Waals surface area (Å²) >= 11 is 14.8. The molecule has 4 heteroatoms. The van der Waals surface area contributed by atoms with Gasteiger partial charge in [-0.2, -0.15) is 0 Å². The third-order valence-electron chi connectivity index (χ3n) is 2.72. The Morgan fingerprint density at radius 2 is 1.27 bits per heavy atom. The summed E-state index contributed by atoms with van der Waals surface area (Å²) in [6.07, 6.45) is 2.55. The molecule has 0 heterocycles. The van der Waals surface area contributed by atoms with Gasteiger partial charge in [-0.1, -0.05) is 63.7 Å². The molecule has 0 unspecified atom stereocenters. The first-order chi connectivity index (χ1) is 5.03. The van der Waals surface area contributed by atoms with Crippen LogP contribution in [0.15, 0.2) is 0 Å². The maximum Gasteiger partial charge on any atom is 0.0869 e. The molecule has 4 atom stereocenters. The molecule has 0 spiro atoms. The molecule has 2 rings (SSSR count). The van der Waals surface area contributed by atoms with Crippen molar-refractivity contribution in [1.82, 2.24) is 0 Å². The molecule has 0 nitrogen and oxygen atoms in total. The summed E-state index contributed by atoms with van der Waals surface area (Å²) in [4.78, 5) is 1.31. The average Bonchev–Trinajstić information content (AvgIpc) is 2.39. The van der Waals surface area contributed by atoms with E-state index in [1.807, 2.05) is 0 Å². The Hall–Kier alpha value is 1.92. The number of fused-ring (bicyclic) bond motifs is 1. The Morgan fingerprint density at radius 3 is 1.64 bits per heavy atom. The fraction of sp³-hybridized carbons (Fsp3) is 1.00. The quantitative estimate of drug-likeness (QED) is 0.528. The first-order valence-electron chi connectivity index (χ1n) is 3.69. The van der Waals surface area contributed by atoms with E-state index < -0.39 is 0 Å². The molecule has 2 aliphatic carbocycles. The largest absolute Gasteiger partial charge is 0.0878 e. The van der Waals surface area contributed by atoms with Gasteiger partial charge in [-0.3, -0.25) is 0 Å². The fourth-order valence-electron chi connectivity index (χ4n) is 1.88. The molecule has 0 N–H and O–H groups in total. The molecule has 0 bridgehead atoms. The Morgan fingerprint density at radius 1 is 0.909 bits per heavy atom. The fourth-order valence-corrected chi connectivity index (χ4v) is 4.88. The van der Waals surface area contributed by atoms with Gasteiger partial charge in [-0.05, 0) is 24.7 Å². The summed E-state index contributed by atoms with van der Waals surface area (Å²) in [6, 6.07) is 0. The molecule has 0 aromatic carbocycles. The number of halogens is 4. The molecule has 2 aliphatic rings. The maximum atomic E-state index is 3.71. The highest BCUT2D eigenvalue weighted by Crippen LogP contribution is 2.68. The molecule has 0 aromatic heterocycles. The normalized spacial score (nSPS) is 53.5. The van der Waals surface area contributed by atoms with Crippen LogP contribution in [0.2, 0.25) is 0 Å². The Balaban J connectivity index is 2.07. The van der Waals surface area contributed by atoms with E-state index in [0.717, 1.165) is 11.8 Å². The van der Waals surface area contributed by atoms with Gasteiger partial charge in [0.25, 0.3) is 0 Å². The number of hydrogen-bond acceptors (Lipinski definition) is 0. The second kappa shape index (κ2) is 2.96. The Bertz CT molecular complexity index is 161. The van der Waals surface area contributed by atoms with E-state index in [1.165, 1.54) is 12.8 Å². The predicted octanol–water partition coefficient (Wildman–Crippen LogP) is 4.04. The monoisotopic (exact) mass is 408 g/mol. The lowest BCUT2D eigenvalue weighted by molar-refractivity contribution is 0.512. The summed E-state index contributed by atoms with van der Waals surface area (Å²) in [5, 5.41) is 0. The van der Waals surface area contributed by atoms with E-state index in [9.17, 15) is 0 Å². The SMILES string of the molecule is Br[C@@H]1C[C@@H]2[C@H](C[C@H]1Br)C2(Br)Br. The molecular formula is C7H8Br4. The molecule has 0 aliphatic heterocycles. The summed E-state index contributed by atoms with van der Waals surface area (Å²) in [6.45, 7) is 0. The number of rotatable bonds is 0. The smallest absolute Gasteiger partial charge is 0.0869 e. The van der Waals surface area contributed by atoms with Gasteiger partial charge in [0.1, 0.15) is 0 Å². The molecular weight excluding hydrogens is 404 g/mol. The van der Waals surface area contributed by atoms with Crippen LogP contribution in [-0.2, 0) is 0 Å². The Kier molecular flexibility index (Phi) is 2.55. The van der Waals surface area contributed by atoms with Gasteiger partial charge in [-0.25, -0.2) is 0 Å². The van der Waals surface area contributed by atoms with E-state index in [4.69, 9.17) is 0 Å². The van der Waals surface area contributed by atoms with Gasteiger partial charge >= 0.3 is 0 Å². The van der Waals surface area contributed by atoms with Crippen LogP contribution in [0.3, 0.4) is 0 Å². The van der Waals surface area contributed by atoms with E-state index in [-0.39, 0.29) is 3.23 Å². The molecule has 0 saturated heterocycles. The lowest BCUT2D eigenvalue weighted by atomic mass is 10.0. The van der Waals surface area contributed by atoms with Crippen molar-refractivity contribution in [2.24, 2.45) is 11.8 Å². The van der Waals surface area contributed by atoms with Crippen molar-refractivity contribution in [3.05, 3.63) is 0 Å². The Labute approximate surface area is 100 Å². The minimum Gasteiger partial charge on any atom is -0.0878 e. The predicted molar refractivity (Wildman–Crippen MR) is 62.2 cm³/mol. The lowest BCUT2D eigenvalue weighted by Gasteiger charge is -2.20. The van der Waals surface area contributed by atoms with E-state index >= 15 is 0 Å². The molecule has 11 heavy (non-hydrogen) atoms. The lowest BCUT2D eigenvalue weighted by Crippen LogP contribution is -2.20. The van der Waals surface area contributed by atoms with Crippen molar-refractivity contribution >= 4 is 63.7 Å². The van der Waals surface area contributed by atoms with E-state index in [1.54, 1.807) is 0 Å². The van der Waals surface area contributed by atoms with Gasteiger partial charge in [-0.15, -0.1) is 0 Å². The summed E-state index contributed by atoms with van der Waals surface area (Å²) in [7, 11) is 0. The van der Waals surface area contributed by atoms with Gasteiger partial charge in [0.15, 0.2) is 0 Å². The van der Waals surface area contributed by atoms with Crippen LogP contribution in [0.1, 0.15) is 12.8 Å². The van der Waals surface area contributed by atoms with Crippen LogP contribution in [0.4, 0.5) is 0 Å².